The van der Waals surface area contributed by atoms with Gasteiger partial charge in [-0.1, -0.05) is 12.1 Å². The number of aromatic nitrogens is 2. The summed E-state index contributed by atoms with van der Waals surface area (Å²) in [4.78, 5) is 12.6. The standard InChI is InChI=1S/C19H12F4N4O2/c20-14-7-12(10-28)4-5-15(14)25-18(29)16-8-17(19(21,22)23)26-27(16)13-3-1-2-11(6-13)9-24/h1-8,28H,10H2,(H,25,29). The van der Waals surface area contributed by atoms with Crippen LogP contribution in [-0.4, -0.2) is 20.8 Å². The zero-order valence-electron chi connectivity index (χ0n) is 14.5. The molecule has 6 nitrogen and oxygen atoms in total. The van der Waals surface area contributed by atoms with E-state index in [1.165, 1.54) is 36.4 Å². The lowest BCUT2D eigenvalue weighted by Crippen LogP contribution is -2.17. The second-order valence-electron chi connectivity index (χ2n) is 5.91. The Morgan fingerprint density at radius 1 is 1.21 bits per heavy atom. The molecule has 0 fully saturated rings. The number of halogens is 4. The Balaban J connectivity index is 2.04. The summed E-state index contributed by atoms with van der Waals surface area (Å²) in [5.41, 5.74) is -1.62. The Bertz CT molecular complexity index is 1120. The Morgan fingerprint density at radius 2 is 1.97 bits per heavy atom. The Labute approximate surface area is 161 Å². The van der Waals surface area contributed by atoms with Crippen molar-refractivity contribution in [3.63, 3.8) is 0 Å². The van der Waals surface area contributed by atoms with Gasteiger partial charge in [0.2, 0.25) is 0 Å². The number of aliphatic hydroxyl groups is 1. The van der Waals surface area contributed by atoms with E-state index in [0.717, 1.165) is 10.7 Å². The highest BCUT2D eigenvalue weighted by Crippen LogP contribution is 2.30. The third-order valence-electron chi connectivity index (χ3n) is 3.92. The minimum absolute atomic E-state index is 0.0563. The minimum Gasteiger partial charge on any atom is -0.392 e. The maximum absolute atomic E-state index is 14.1. The SMILES string of the molecule is N#Cc1cccc(-n2nc(C(F)(F)F)cc2C(=O)Nc2ccc(CO)cc2F)c1. The van der Waals surface area contributed by atoms with E-state index in [1.807, 2.05) is 6.07 Å². The lowest BCUT2D eigenvalue weighted by atomic mass is 10.2. The normalized spacial score (nSPS) is 11.2. The van der Waals surface area contributed by atoms with Gasteiger partial charge in [-0.05, 0) is 35.9 Å². The molecule has 3 aromatic rings. The van der Waals surface area contributed by atoms with Gasteiger partial charge in [0.05, 0.1) is 29.6 Å². The molecule has 0 aliphatic rings. The van der Waals surface area contributed by atoms with Gasteiger partial charge in [0.25, 0.3) is 5.91 Å². The van der Waals surface area contributed by atoms with Crippen LogP contribution >= 0.6 is 0 Å². The number of carbonyl (C=O) groups is 1. The molecule has 0 atom stereocenters. The zero-order chi connectivity index (χ0) is 21.2. The number of nitrogens with one attached hydrogen (secondary N) is 1. The van der Waals surface area contributed by atoms with Crippen molar-refractivity contribution < 1.29 is 27.5 Å². The van der Waals surface area contributed by atoms with Crippen molar-refractivity contribution in [1.29, 1.82) is 5.26 Å². The number of carbonyl (C=O) groups excluding carboxylic acids is 1. The molecule has 1 heterocycles. The molecule has 0 aliphatic heterocycles. The van der Waals surface area contributed by atoms with E-state index in [4.69, 9.17) is 10.4 Å². The van der Waals surface area contributed by atoms with Crippen LogP contribution in [-0.2, 0) is 12.8 Å². The number of hydrogen-bond acceptors (Lipinski definition) is 4. The predicted molar refractivity (Wildman–Crippen MR) is 93.6 cm³/mol. The van der Waals surface area contributed by atoms with E-state index >= 15 is 0 Å². The first-order valence-corrected chi connectivity index (χ1v) is 8.11. The van der Waals surface area contributed by atoms with Crippen molar-refractivity contribution in [3.8, 4) is 11.8 Å². The van der Waals surface area contributed by atoms with Crippen LogP contribution in [0.25, 0.3) is 5.69 Å². The highest BCUT2D eigenvalue weighted by atomic mass is 19.4. The van der Waals surface area contributed by atoms with E-state index in [9.17, 15) is 22.4 Å². The molecule has 3 rings (SSSR count). The highest BCUT2D eigenvalue weighted by Gasteiger charge is 2.36. The first-order valence-electron chi connectivity index (χ1n) is 8.11. The van der Waals surface area contributed by atoms with Gasteiger partial charge in [0.1, 0.15) is 11.5 Å². The summed E-state index contributed by atoms with van der Waals surface area (Å²) in [6, 6.07) is 11.4. The summed E-state index contributed by atoms with van der Waals surface area (Å²) < 4.78 is 54.2. The molecule has 10 heteroatoms. The van der Waals surface area contributed by atoms with Gasteiger partial charge in [0, 0.05) is 6.07 Å². The van der Waals surface area contributed by atoms with Crippen LogP contribution in [0.3, 0.4) is 0 Å². The fourth-order valence-corrected chi connectivity index (χ4v) is 2.53. The number of rotatable bonds is 4. The van der Waals surface area contributed by atoms with Gasteiger partial charge in [0.15, 0.2) is 5.69 Å². The number of benzene rings is 2. The molecule has 0 spiro atoms. The first-order chi connectivity index (χ1) is 13.7. The van der Waals surface area contributed by atoms with Gasteiger partial charge in [-0.2, -0.15) is 23.5 Å². The minimum atomic E-state index is -4.82. The fourth-order valence-electron chi connectivity index (χ4n) is 2.53. The average Bonchev–Trinajstić information content (AvgIpc) is 3.15. The summed E-state index contributed by atoms with van der Waals surface area (Å²) in [5, 5.41) is 23.6. The second kappa shape index (κ2) is 7.73. The Hall–Kier alpha value is -3.71. The number of alkyl halides is 3. The monoisotopic (exact) mass is 404 g/mol. The molecule has 2 N–H and O–H groups in total. The second-order valence-corrected chi connectivity index (χ2v) is 5.91. The van der Waals surface area contributed by atoms with Gasteiger partial charge in [-0.15, -0.1) is 0 Å². The summed E-state index contributed by atoms with van der Waals surface area (Å²) in [7, 11) is 0. The van der Waals surface area contributed by atoms with E-state index in [-0.39, 0.29) is 22.5 Å². The van der Waals surface area contributed by atoms with Gasteiger partial charge in [-0.3, -0.25) is 4.79 Å². The smallest absolute Gasteiger partial charge is 0.392 e. The molecule has 29 heavy (non-hydrogen) atoms. The van der Waals surface area contributed by atoms with Gasteiger partial charge < -0.3 is 10.4 Å². The van der Waals surface area contributed by atoms with Crippen LogP contribution in [0.4, 0.5) is 23.2 Å². The quantitative estimate of drug-likeness (QED) is 0.650. The lowest BCUT2D eigenvalue weighted by Gasteiger charge is -2.10. The number of aliphatic hydroxyl groups excluding tert-OH is 1. The number of anilines is 1. The van der Waals surface area contributed by atoms with Crippen molar-refractivity contribution in [2.45, 2.75) is 12.8 Å². The average molecular weight is 404 g/mol. The van der Waals surface area contributed by atoms with Crippen molar-refractivity contribution in [2.75, 3.05) is 5.32 Å². The molecule has 0 aliphatic carbocycles. The largest absolute Gasteiger partial charge is 0.435 e. The molecular formula is C19H12F4N4O2. The van der Waals surface area contributed by atoms with Crippen LogP contribution in [0.2, 0.25) is 0 Å². The van der Waals surface area contributed by atoms with Crippen molar-refractivity contribution >= 4 is 11.6 Å². The molecular weight excluding hydrogens is 392 g/mol. The number of amides is 1. The molecule has 1 amide bonds. The van der Waals surface area contributed by atoms with Crippen molar-refractivity contribution in [1.82, 2.24) is 9.78 Å². The third-order valence-corrected chi connectivity index (χ3v) is 3.92. The van der Waals surface area contributed by atoms with Crippen molar-refractivity contribution in [2.24, 2.45) is 0 Å². The summed E-state index contributed by atoms with van der Waals surface area (Å²) in [6.07, 6.45) is -4.82. The van der Waals surface area contributed by atoms with Gasteiger partial charge >= 0.3 is 6.18 Å². The van der Waals surface area contributed by atoms with Crippen LogP contribution in [0.5, 0.6) is 0 Å². The molecule has 0 unspecified atom stereocenters. The molecule has 0 saturated carbocycles. The molecule has 1 aromatic heterocycles. The fraction of sp³-hybridized carbons (Fsp3) is 0.105. The summed E-state index contributed by atoms with van der Waals surface area (Å²) in [6.45, 7) is -0.415. The number of nitrogens with zero attached hydrogens (tertiary/aromatic N) is 3. The zero-order valence-corrected chi connectivity index (χ0v) is 14.5. The predicted octanol–water partition coefficient (Wildman–Crippen LogP) is 3.65. The van der Waals surface area contributed by atoms with Crippen LogP contribution in [0.15, 0.2) is 48.5 Å². The van der Waals surface area contributed by atoms with Crippen LogP contribution in [0, 0.1) is 17.1 Å². The van der Waals surface area contributed by atoms with E-state index < -0.39 is 35.9 Å². The molecule has 148 valence electrons. The first kappa shape index (κ1) is 20.0. The highest BCUT2D eigenvalue weighted by molar-refractivity contribution is 6.03. The topological polar surface area (TPSA) is 90.9 Å². The van der Waals surface area contributed by atoms with E-state index in [1.54, 1.807) is 0 Å². The Kier molecular flexibility index (Phi) is 5.34. The molecule has 0 radical (unpaired) electrons. The molecule has 0 saturated heterocycles. The van der Waals surface area contributed by atoms with E-state index in [0.29, 0.717) is 6.07 Å². The Morgan fingerprint density at radius 3 is 2.59 bits per heavy atom. The van der Waals surface area contributed by atoms with Crippen LogP contribution in [0.1, 0.15) is 27.3 Å². The lowest BCUT2D eigenvalue weighted by molar-refractivity contribution is -0.141. The maximum Gasteiger partial charge on any atom is 0.435 e. The van der Waals surface area contributed by atoms with Crippen LogP contribution < -0.4 is 5.32 Å². The number of hydrogen-bond donors (Lipinski definition) is 2. The van der Waals surface area contributed by atoms with E-state index in [2.05, 4.69) is 10.4 Å². The maximum atomic E-state index is 14.1. The summed E-state index contributed by atoms with van der Waals surface area (Å²) >= 11 is 0. The van der Waals surface area contributed by atoms with Crippen molar-refractivity contribution in [3.05, 3.63) is 76.9 Å². The summed E-state index contributed by atoms with van der Waals surface area (Å²) in [5.74, 6) is -1.90. The number of nitriles is 1. The van der Waals surface area contributed by atoms with Gasteiger partial charge in [-0.25, -0.2) is 9.07 Å². The molecule has 0 bridgehead atoms. The molecule has 2 aromatic carbocycles. The third kappa shape index (κ3) is 4.25.